The number of hydrogen-bond acceptors (Lipinski definition) is 5. The summed E-state index contributed by atoms with van der Waals surface area (Å²) in [6.45, 7) is 7.04. The molecule has 0 saturated carbocycles. The number of fused-ring (bicyclic) bond motifs is 4. The molecule has 1 amide bonds. The second-order valence-electron chi connectivity index (χ2n) is 10.1. The van der Waals surface area contributed by atoms with Gasteiger partial charge in [-0.2, -0.15) is 5.10 Å². The first-order chi connectivity index (χ1) is 15.9. The number of thiophene rings is 1. The highest BCUT2D eigenvalue weighted by atomic mass is 32.1. The number of nitrogens with zero attached hydrogens (tertiary/aromatic N) is 4. The minimum Gasteiger partial charge on any atom is -0.369 e. The Kier molecular flexibility index (Phi) is 4.85. The van der Waals surface area contributed by atoms with Gasteiger partial charge in [-0.15, -0.1) is 11.3 Å². The van der Waals surface area contributed by atoms with Gasteiger partial charge in [-0.25, -0.2) is 9.50 Å². The fraction of sp³-hybridized carbons (Fsp3) is 0.480. The van der Waals surface area contributed by atoms with Crippen molar-refractivity contribution >= 4 is 33.1 Å². The monoisotopic (exact) mass is 462 g/mol. The van der Waals surface area contributed by atoms with Crippen molar-refractivity contribution in [1.29, 1.82) is 0 Å². The number of piperidine rings is 1. The molecule has 0 spiro atoms. The van der Waals surface area contributed by atoms with Crippen LogP contribution in [0.4, 0.5) is 0 Å². The third-order valence-electron chi connectivity index (χ3n) is 7.58. The van der Waals surface area contributed by atoms with Gasteiger partial charge in [0.2, 0.25) is 5.91 Å². The molecule has 0 unspecified atom stereocenters. The van der Waals surface area contributed by atoms with E-state index >= 15 is 0 Å². The topological polar surface area (TPSA) is 92.3 Å². The molecule has 0 aromatic carbocycles. The molecule has 0 aliphatic carbocycles. The van der Waals surface area contributed by atoms with E-state index < -0.39 is 0 Å². The number of carbonyl (C=O) groups is 1. The lowest BCUT2D eigenvalue weighted by atomic mass is 9.89. The number of amides is 1. The zero-order chi connectivity index (χ0) is 22.9. The van der Waals surface area contributed by atoms with E-state index in [4.69, 9.17) is 5.73 Å². The van der Waals surface area contributed by atoms with E-state index in [0.717, 1.165) is 29.6 Å². The Hall–Kier alpha value is -2.71. The Labute approximate surface area is 197 Å². The van der Waals surface area contributed by atoms with Crippen molar-refractivity contribution < 1.29 is 4.79 Å². The largest absolute Gasteiger partial charge is 0.369 e. The van der Waals surface area contributed by atoms with Crippen molar-refractivity contribution in [2.45, 2.75) is 70.4 Å². The predicted octanol–water partition coefficient (Wildman–Crippen LogP) is 4.57. The Morgan fingerprint density at radius 1 is 1.27 bits per heavy atom. The summed E-state index contributed by atoms with van der Waals surface area (Å²) in [4.78, 5) is 23.5. The molecule has 0 radical (unpaired) electrons. The lowest BCUT2D eigenvalue weighted by Gasteiger charge is -2.37. The van der Waals surface area contributed by atoms with Crippen LogP contribution in [-0.4, -0.2) is 49.0 Å². The highest BCUT2D eigenvalue weighted by molar-refractivity contribution is 7.19. The average molecular weight is 463 g/mol. The summed E-state index contributed by atoms with van der Waals surface area (Å²) < 4.78 is 3.24. The van der Waals surface area contributed by atoms with Crippen LogP contribution in [0.25, 0.3) is 27.1 Å². The van der Waals surface area contributed by atoms with Gasteiger partial charge in [-0.3, -0.25) is 9.69 Å². The SMILES string of the molecule is Cc1cc(-c2[nH]c3cc([C@H]4C[C@H]5CC[C@@H](C4)N5CC(N)=O)sc3c2C(C)C)cn2ncnc12. The third-order valence-corrected chi connectivity index (χ3v) is 8.91. The van der Waals surface area contributed by atoms with Crippen molar-refractivity contribution in [2.75, 3.05) is 6.54 Å². The summed E-state index contributed by atoms with van der Waals surface area (Å²) in [5.74, 6) is 0.762. The van der Waals surface area contributed by atoms with Crippen LogP contribution < -0.4 is 5.73 Å². The molecular weight excluding hydrogens is 432 g/mol. The summed E-state index contributed by atoms with van der Waals surface area (Å²) in [5.41, 5.74) is 12.5. The van der Waals surface area contributed by atoms with Crippen LogP contribution in [0, 0.1) is 6.92 Å². The highest BCUT2D eigenvalue weighted by Crippen LogP contribution is 2.47. The Bertz CT molecular complexity index is 1350. The first-order valence-electron chi connectivity index (χ1n) is 11.9. The summed E-state index contributed by atoms with van der Waals surface area (Å²) in [7, 11) is 0. The maximum Gasteiger partial charge on any atom is 0.231 e. The molecule has 3 atom stereocenters. The first-order valence-corrected chi connectivity index (χ1v) is 12.7. The van der Waals surface area contributed by atoms with E-state index in [1.54, 1.807) is 6.33 Å². The van der Waals surface area contributed by atoms with E-state index in [9.17, 15) is 4.79 Å². The molecular formula is C25H30N6OS. The van der Waals surface area contributed by atoms with Gasteiger partial charge in [-0.05, 0) is 67.7 Å². The molecule has 2 bridgehead atoms. The number of rotatable bonds is 5. The number of aromatic amines is 1. The molecule has 4 aromatic heterocycles. The van der Waals surface area contributed by atoms with Crippen molar-refractivity contribution in [3.8, 4) is 11.3 Å². The number of pyridine rings is 1. The minimum absolute atomic E-state index is 0.205. The minimum atomic E-state index is -0.205. The van der Waals surface area contributed by atoms with E-state index in [1.807, 2.05) is 15.9 Å². The van der Waals surface area contributed by atoms with Crippen LogP contribution in [0.1, 0.15) is 67.4 Å². The third kappa shape index (κ3) is 3.38. The van der Waals surface area contributed by atoms with Gasteiger partial charge >= 0.3 is 0 Å². The van der Waals surface area contributed by atoms with Crippen LogP contribution in [0.5, 0.6) is 0 Å². The van der Waals surface area contributed by atoms with Crippen molar-refractivity contribution in [3.05, 3.63) is 40.7 Å². The number of primary amides is 1. The molecule has 2 aliphatic heterocycles. The molecule has 2 fully saturated rings. The van der Waals surface area contributed by atoms with Gasteiger partial charge in [0.25, 0.3) is 0 Å². The highest BCUT2D eigenvalue weighted by Gasteiger charge is 2.42. The zero-order valence-corrected chi connectivity index (χ0v) is 20.2. The Balaban J connectivity index is 1.36. The van der Waals surface area contributed by atoms with Crippen molar-refractivity contribution in [2.24, 2.45) is 5.73 Å². The normalized spacial score (nSPS) is 23.3. The Morgan fingerprint density at radius 3 is 2.73 bits per heavy atom. The maximum absolute atomic E-state index is 11.5. The quantitative estimate of drug-likeness (QED) is 0.454. The molecule has 4 aromatic rings. The van der Waals surface area contributed by atoms with E-state index in [1.165, 1.54) is 39.2 Å². The van der Waals surface area contributed by atoms with Gasteiger partial charge in [0.1, 0.15) is 6.33 Å². The van der Waals surface area contributed by atoms with Crippen LogP contribution in [0.15, 0.2) is 24.7 Å². The van der Waals surface area contributed by atoms with Gasteiger partial charge in [0.15, 0.2) is 5.65 Å². The van der Waals surface area contributed by atoms with Crippen molar-refractivity contribution in [1.82, 2.24) is 24.5 Å². The zero-order valence-electron chi connectivity index (χ0n) is 19.3. The summed E-state index contributed by atoms with van der Waals surface area (Å²) in [6.07, 6.45) is 8.30. The molecule has 8 heteroatoms. The number of nitrogens with one attached hydrogen (secondary N) is 1. The lowest BCUT2D eigenvalue weighted by Crippen LogP contribution is -2.46. The second kappa shape index (κ2) is 7.67. The fourth-order valence-electron chi connectivity index (χ4n) is 6.17. The van der Waals surface area contributed by atoms with Crippen LogP contribution in [-0.2, 0) is 4.79 Å². The standard InChI is InChI=1S/C25H30N6OS/c1-13(2)22-23(16-6-14(3)25-27-12-28-31(25)10-16)29-19-9-20(33-24(19)22)15-7-17-4-5-18(8-15)30(17)11-21(26)32/h6,9-10,12-13,15,17-18,29H,4-5,7-8,11H2,1-3H3,(H2,26,32)/t15-,17+,18-. The van der Waals surface area contributed by atoms with Crippen LogP contribution in [0.2, 0.25) is 0 Å². The lowest BCUT2D eigenvalue weighted by molar-refractivity contribution is -0.120. The summed E-state index contributed by atoms with van der Waals surface area (Å²) in [5, 5.41) is 4.36. The molecule has 3 N–H and O–H groups in total. The Morgan fingerprint density at radius 2 is 2.03 bits per heavy atom. The van der Waals surface area contributed by atoms with Gasteiger partial charge in [0.05, 0.1) is 22.5 Å². The maximum atomic E-state index is 11.5. The number of hydrogen-bond donors (Lipinski definition) is 2. The average Bonchev–Trinajstić information content (AvgIpc) is 3.49. The second-order valence-corrected chi connectivity index (χ2v) is 11.2. The number of nitrogens with two attached hydrogens (primary N) is 1. The molecule has 33 heavy (non-hydrogen) atoms. The summed E-state index contributed by atoms with van der Waals surface area (Å²) >= 11 is 1.95. The smallest absolute Gasteiger partial charge is 0.231 e. The molecule has 6 heterocycles. The fourth-order valence-corrected chi connectivity index (χ4v) is 7.61. The van der Waals surface area contributed by atoms with Crippen LogP contribution >= 0.6 is 11.3 Å². The predicted molar refractivity (Wildman–Crippen MR) is 132 cm³/mol. The number of aryl methyl sites for hydroxylation is 1. The van der Waals surface area contributed by atoms with Gasteiger partial charge in [-0.1, -0.05) is 13.8 Å². The van der Waals surface area contributed by atoms with Gasteiger partial charge in [0, 0.05) is 28.7 Å². The number of H-pyrrole nitrogens is 1. The van der Waals surface area contributed by atoms with E-state index in [0.29, 0.717) is 30.5 Å². The first kappa shape index (κ1) is 20.9. The van der Waals surface area contributed by atoms with Gasteiger partial charge < -0.3 is 10.7 Å². The number of carbonyl (C=O) groups excluding carboxylic acids is 1. The van der Waals surface area contributed by atoms with E-state index in [2.05, 4.69) is 59.1 Å². The van der Waals surface area contributed by atoms with Crippen LogP contribution in [0.3, 0.4) is 0 Å². The van der Waals surface area contributed by atoms with Crippen molar-refractivity contribution in [3.63, 3.8) is 0 Å². The molecule has 172 valence electrons. The number of aromatic nitrogens is 4. The molecule has 6 rings (SSSR count). The summed E-state index contributed by atoms with van der Waals surface area (Å²) in [6, 6.07) is 5.56. The molecule has 7 nitrogen and oxygen atoms in total. The molecule has 2 saturated heterocycles. The molecule has 2 aliphatic rings. The van der Waals surface area contributed by atoms with E-state index in [-0.39, 0.29) is 5.91 Å².